The molecule has 3 saturated heterocycles. The van der Waals surface area contributed by atoms with Gasteiger partial charge in [-0.3, -0.25) is 0 Å². The average Bonchev–Trinajstić information content (AvgIpc) is 2.70. The summed E-state index contributed by atoms with van der Waals surface area (Å²) in [5.41, 5.74) is 5.45. The molecule has 27 heavy (non-hydrogen) atoms. The van der Waals surface area contributed by atoms with Crippen LogP contribution in [-0.4, -0.2) is 43.2 Å². The second-order valence-electron chi connectivity index (χ2n) is 7.82. The Morgan fingerprint density at radius 3 is 2.04 bits per heavy atom. The topological polar surface area (TPSA) is 26.3 Å². The lowest BCUT2D eigenvalue weighted by molar-refractivity contribution is -0.929. The zero-order valence-electron chi connectivity index (χ0n) is 16.1. The van der Waals surface area contributed by atoms with Gasteiger partial charge in [-0.2, -0.15) is 0 Å². The summed E-state index contributed by atoms with van der Waals surface area (Å²) in [6.45, 7) is 5.98. The van der Waals surface area contributed by atoms with Gasteiger partial charge in [-0.1, -0.05) is 60.7 Å². The summed E-state index contributed by atoms with van der Waals surface area (Å²) in [5, 5.41) is 0. The van der Waals surface area contributed by atoms with Gasteiger partial charge in [-0.05, 0) is 35.1 Å². The number of esters is 1. The fourth-order valence-corrected chi connectivity index (χ4v) is 4.84. The fourth-order valence-electron chi connectivity index (χ4n) is 4.84. The van der Waals surface area contributed by atoms with E-state index in [1.807, 2.05) is 6.92 Å². The molecule has 0 unspecified atom stereocenters. The number of carbonyl (C=O) groups is 1. The molecular weight excluding hydrogens is 334 g/mol. The zero-order chi connectivity index (χ0) is 18.7. The van der Waals surface area contributed by atoms with Gasteiger partial charge in [-0.15, -0.1) is 0 Å². The minimum absolute atomic E-state index is 0.0572. The van der Waals surface area contributed by atoms with Gasteiger partial charge in [0.1, 0.15) is 6.54 Å². The predicted octanol–water partition coefficient (Wildman–Crippen LogP) is 4.29. The molecule has 3 fully saturated rings. The van der Waals surface area contributed by atoms with Crippen LogP contribution in [0.4, 0.5) is 0 Å². The van der Waals surface area contributed by atoms with Gasteiger partial charge < -0.3 is 9.22 Å². The summed E-state index contributed by atoms with van der Waals surface area (Å²) in [6, 6.07) is 21.4. The zero-order valence-corrected chi connectivity index (χ0v) is 16.1. The van der Waals surface area contributed by atoms with E-state index in [1.165, 1.54) is 22.3 Å². The first-order valence-corrected chi connectivity index (χ1v) is 10.1. The van der Waals surface area contributed by atoms with Gasteiger partial charge >= 0.3 is 5.97 Å². The first-order valence-electron chi connectivity index (χ1n) is 10.1. The van der Waals surface area contributed by atoms with Crippen molar-refractivity contribution in [2.45, 2.75) is 19.8 Å². The summed E-state index contributed by atoms with van der Waals surface area (Å²) in [6.07, 6.45) is 2.33. The van der Waals surface area contributed by atoms with Crippen molar-refractivity contribution >= 4 is 11.5 Å². The first kappa shape index (κ1) is 18.0. The summed E-state index contributed by atoms with van der Waals surface area (Å²) in [7, 11) is 0. The normalized spacial score (nSPS) is 23.9. The number of carbonyl (C=O) groups excluding carboxylic acids is 1. The number of ether oxygens (including phenoxy) is 1. The summed E-state index contributed by atoms with van der Waals surface area (Å²) in [4.78, 5) is 12.3. The Bertz CT molecular complexity index is 776. The number of nitrogens with zero attached hydrogens (tertiary/aromatic N) is 1. The molecule has 2 aromatic carbocycles. The van der Waals surface area contributed by atoms with Crippen LogP contribution in [0.5, 0.6) is 0 Å². The molecule has 5 rings (SSSR count). The minimum Gasteiger partial charge on any atom is -0.462 e. The summed E-state index contributed by atoms with van der Waals surface area (Å²) >= 11 is 0. The van der Waals surface area contributed by atoms with Crippen LogP contribution in [0.3, 0.4) is 0 Å². The van der Waals surface area contributed by atoms with E-state index in [2.05, 4.69) is 60.7 Å². The van der Waals surface area contributed by atoms with Gasteiger partial charge in [0.05, 0.1) is 19.7 Å². The van der Waals surface area contributed by atoms with Crippen LogP contribution in [0.25, 0.3) is 5.57 Å². The number of fused-ring (bicyclic) bond motifs is 3. The lowest BCUT2D eigenvalue weighted by atomic mass is 9.76. The maximum atomic E-state index is 12.3. The minimum atomic E-state index is -0.0572. The van der Waals surface area contributed by atoms with E-state index in [9.17, 15) is 4.79 Å². The first-order chi connectivity index (χ1) is 13.2. The molecule has 2 bridgehead atoms. The van der Waals surface area contributed by atoms with Gasteiger partial charge in [0.25, 0.3) is 0 Å². The molecule has 0 saturated carbocycles. The molecule has 0 aromatic heterocycles. The summed E-state index contributed by atoms with van der Waals surface area (Å²) < 4.78 is 6.14. The molecular formula is C24H28NO2+. The van der Waals surface area contributed by atoms with E-state index in [-0.39, 0.29) is 5.97 Å². The third kappa shape index (κ3) is 3.70. The Kier molecular flexibility index (Phi) is 5.13. The maximum Gasteiger partial charge on any atom is 0.361 e. The Balaban J connectivity index is 1.77. The molecule has 3 aliphatic heterocycles. The van der Waals surface area contributed by atoms with Crippen molar-refractivity contribution in [2.24, 2.45) is 5.92 Å². The maximum absolute atomic E-state index is 12.3. The quantitative estimate of drug-likeness (QED) is 0.586. The fraction of sp³-hybridized carbons (Fsp3) is 0.375. The van der Waals surface area contributed by atoms with Crippen molar-refractivity contribution in [3.8, 4) is 0 Å². The highest BCUT2D eigenvalue weighted by Gasteiger charge is 2.45. The molecule has 0 N–H and O–H groups in total. The lowest BCUT2D eigenvalue weighted by Crippen LogP contribution is -2.61. The Morgan fingerprint density at radius 1 is 0.963 bits per heavy atom. The number of hydrogen-bond donors (Lipinski definition) is 0. The second-order valence-corrected chi connectivity index (χ2v) is 7.82. The predicted molar refractivity (Wildman–Crippen MR) is 108 cm³/mol. The number of benzene rings is 2. The highest BCUT2D eigenvalue weighted by atomic mass is 16.5. The number of rotatable bonds is 5. The van der Waals surface area contributed by atoms with Crippen molar-refractivity contribution in [3.05, 3.63) is 77.4 Å². The smallest absolute Gasteiger partial charge is 0.361 e. The van der Waals surface area contributed by atoms with Crippen LogP contribution in [0.2, 0.25) is 0 Å². The van der Waals surface area contributed by atoms with Crippen molar-refractivity contribution in [1.29, 1.82) is 0 Å². The van der Waals surface area contributed by atoms with Gasteiger partial charge in [0.15, 0.2) is 6.54 Å². The van der Waals surface area contributed by atoms with Crippen LogP contribution in [0.15, 0.2) is 66.2 Å². The van der Waals surface area contributed by atoms with Crippen molar-refractivity contribution in [2.75, 3.05) is 32.8 Å². The van der Waals surface area contributed by atoms with Gasteiger partial charge in [0.2, 0.25) is 0 Å². The van der Waals surface area contributed by atoms with E-state index in [1.54, 1.807) is 0 Å². The van der Waals surface area contributed by atoms with E-state index in [4.69, 9.17) is 4.74 Å². The van der Waals surface area contributed by atoms with Gasteiger partial charge in [0, 0.05) is 12.8 Å². The monoisotopic (exact) mass is 362 g/mol. The largest absolute Gasteiger partial charge is 0.462 e. The Labute approximate surface area is 161 Å². The highest BCUT2D eigenvalue weighted by Crippen LogP contribution is 2.42. The molecule has 0 spiro atoms. The number of hydrogen-bond acceptors (Lipinski definition) is 2. The van der Waals surface area contributed by atoms with E-state index in [0.29, 0.717) is 19.1 Å². The van der Waals surface area contributed by atoms with Crippen LogP contribution in [0.1, 0.15) is 30.9 Å². The number of piperidine rings is 3. The lowest BCUT2D eigenvalue weighted by Gasteiger charge is -2.50. The van der Waals surface area contributed by atoms with Crippen molar-refractivity contribution in [1.82, 2.24) is 0 Å². The van der Waals surface area contributed by atoms with E-state index < -0.39 is 0 Å². The molecule has 3 aliphatic rings. The van der Waals surface area contributed by atoms with Gasteiger partial charge in [-0.25, -0.2) is 4.79 Å². The Morgan fingerprint density at radius 2 is 1.52 bits per heavy atom. The molecule has 3 heterocycles. The second kappa shape index (κ2) is 7.69. The molecule has 2 aromatic rings. The van der Waals surface area contributed by atoms with Crippen molar-refractivity contribution < 1.29 is 14.0 Å². The highest BCUT2D eigenvalue weighted by molar-refractivity contribution is 5.82. The van der Waals surface area contributed by atoms with Crippen LogP contribution < -0.4 is 0 Å². The molecule has 0 atom stereocenters. The standard InChI is InChI=1S/C24H28NO2/c1-2-27-23(26)18-25-15-13-19(14-16-25)22(17-25)24(20-9-5-3-6-10-20)21-11-7-4-8-12-21/h3-12,19H,2,13-18H2,1H3/q+1. The number of quaternary nitrogens is 1. The molecule has 3 nitrogen and oxygen atoms in total. The van der Waals surface area contributed by atoms with Crippen LogP contribution >= 0.6 is 0 Å². The third-order valence-electron chi connectivity index (χ3n) is 6.12. The van der Waals surface area contributed by atoms with E-state index >= 15 is 0 Å². The molecule has 3 heteroatoms. The van der Waals surface area contributed by atoms with E-state index in [0.717, 1.165) is 37.0 Å². The average molecular weight is 362 g/mol. The molecule has 140 valence electrons. The molecule has 0 radical (unpaired) electrons. The third-order valence-corrected chi connectivity index (χ3v) is 6.12. The molecule has 0 aliphatic carbocycles. The van der Waals surface area contributed by atoms with Crippen LogP contribution in [-0.2, 0) is 9.53 Å². The SMILES string of the molecule is CCOC(=O)C[N+]12CCC(CC1)C(=C(c1ccccc1)c1ccccc1)C2. The molecule has 0 amide bonds. The van der Waals surface area contributed by atoms with Crippen LogP contribution in [0, 0.1) is 5.92 Å². The van der Waals surface area contributed by atoms with Crippen molar-refractivity contribution in [3.63, 3.8) is 0 Å². The Hall–Kier alpha value is -2.39. The summed E-state index contributed by atoms with van der Waals surface area (Å²) in [5.74, 6) is 0.570.